The molecule has 1 aliphatic heterocycles. The number of anilines is 1. The highest BCUT2D eigenvalue weighted by molar-refractivity contribution is 5.95. The van der Waals surface area contributed by atoms with Crippen molar-refractivity contribution in [3.05, 3.63) is 71.2 Å². The van der Waals surface area contributed by atoms with E-state index in [1.807, 2.05) is 31.2 Å². The molecule has 7 heteroatoms. The number of rotatable bonds is 2. The summed E-state index contributed by atoms with van der Waals surface area (Å²) in [4.78, 5) is 20.2. The lowest BCUT2D eigenvalue weighted by molar-refractivity contribution is -0.116. The molecule has 0 fully saturated rings. The first-order valence-corrected chi connectivity index (χ1v) is 8.70. The number of aryl methyl sites for hydroxylation is 1. The van der Waals surface area contributed by atoms with E-state index in [9.17, 15) is 9.18 Å². The van der Waals surface area contributed by atoms with Gasteiger partial charge in [-0.25, -0.2) is 9.37 Å². The molecular weight excluding hydrogens is 345 g/mol. The molecule has 27 heavy (non-hydrogen) atoms. The maximum atomic E-state index is 13.3. The highest BCUT2D eigenvalue weighted by Gasteiger charge is 2.33. The SMILES string of the molecule is Cc1nn(-c2nc3ccccc3[nH]2)c2c1[C@@H](c1ccc(F)cc1)CC(=O)N2. The third-order valence-corrected chi connectivity index (χ3v) is 4.95. The van der Waals surface area contributed by atoms with Gasteiger partial charge in [0.15, 0.2) is 0 Å². The lowest BCUT2D eigenvalue weighted by Gasteiger charge is -2.24. The zero-order valence-corrected chi connectivity index (χ0v) is 14.5. The predicted molar refractivity (Wildman–Crippen MR) is 99.4 cm³/mol. The van der Waals surface area contributed by atoms with Crippen LogP contribution in [0.5, 0.6) is 0 Å². The van der Waals surface area contributed by atoms with E-state index in [1.54, 1.807) is 16.8 Å². The van der Waals surface area contributed by atoms with Gasteiger partial charge in [0.2, 0.25) is 11.9 Å². The number of H-pyrrole nitrogens is 1. The Labute approximate surface area is 154 Å². The minimum atomic E-state index is -0.297. The van der Waals surface area contributed by atoms with Crippen LogP contribution in [0, 0.1) is 12.7 Å². The van der Waals surface area contributed by atoms with E-state index in [1.165, 1.54) is 12.1 Å². The van der Waals surface area contributed by atoms with E-state index in [4.69, 9.17) is 0 Å². The third-order valence-electron chi connectivity index (χ3n) is 4.95. The van der Waals surface area contributed by atoms with Gasteiger partial charge in [0.25, 0.3) is 0 Å². The number of hydrogen-bond acceptors (Lipinski definition) is 3. The van der Waals surface area contributed by atoms with Gasteiger partial charge in [-0.1, -0.05) is 24.3 Å². The number of nitrogens with zero attached hydrogens (tertiary/aromatic N) is 3. The maximum absolute atomic E-state index is 13.3. The average Bonchev–Trinajstić information content (AvgIpc) is 3.23. The fourth-order valence-electron chi connectivity index (χ4n) is 3.72. The number of carbonyl (C=O) groups excluding carboxylic acids is 1. The van der Waals surface area contributed by atoms with Crippen molar-refractivity contribution in [2.45, 2.75) is 19.3 Å². The summed E-state index contributed by atoms with van der Waals surface area (Å²) < 4.78 is 15.0. The number of hydrogen-bond donors (Lipinski definition) is 2. The van der Waals surface area contributed by atoms with Gasteiger partial charge < -0.3 is 10.3 Å². The highest BCUT2D eigenvalue weighted by Crippen LogP contribution is 2.40. The van der Waals surface area contributed by atoms with Crippen LogP contribution in [-0.4, -0.2) is 25.7 Å². The lowest BCUT2D eigenvalue weighted by atomic mass is 9.86. The molecule has 134 valence electrons. The molecule has 0 unspecified atom stereocenters. The minimum Gasteiger partial charge on any atom is -0.322 e. The van der Waals surface area contributed by atoms with Crippen molar-refractivity contribution in [1.29, 1.82) is 0 Å². The molecule has 5 rings (SSSR count). The summed E-state index contributed by atoms with van der Waals surface area (Å²) in [5.41, 5.74) is 4.35. The molecule has 3 heterocycles. The van der Waals surface area contributed by atoms with E-state index in [-0.39, 0.29) is 17.6 Å². The zero-order valence-electron chi connectivity index (χ0n) is 14.5. The predicted octanol–water partition coefficient (Wildman–Crippen LogP) is 3.67. The number of carbonyl (C=O) groups is 1. The third kappa shape index (κ3) is 2.51. The minimum absolute atomic E-state index is 0.103. The Balaban J connectivity index is 1.67. The summed E-state index contributed by atoms with van der Waals surface area (Å²) in [6.07, 6.45) is 0.297. The van der Waals surface area contributed by atoms with Crippen molar-refractivity contribution in [1.82, 2.24) is 19.7 Å². The molecule has 6 nitrogen and oxygen atoms in total. The summed E-state index contributed by atoms with van der Waals surface area (Å²) in [7, 11) is 0. The number of aromatic amines is 1. The van der Waals surface area contributed by atoms with Crippen molar-refractivity contribution < 1.29 is 9.18 Å². The highest BCUT2D eigenvalue weighted by atomic mass is 19.1. The van der Waals surface area contributed by atoms with Crippen LogP contribution < -0.4 is 5.32 Å². The molecule has 0 saturated heterocycles. The van der Waals surface area contributed by atoms with Crippen LogP contribution in [0.2, 0.25) is 0 Å². The van der Waals surface area contributed by atoms with Crippen molar-refractivity contribution in [3.63, 3.8) is 0 Å². The van der Waals surface area contributed by atoms with Gasteiger partial charge in [-0.2, -0.15) is 9.78 Å². The molecule has 0 radical (unpaired) electrons. The second kappa shape index (κ2) is 5.77. The first kappa shape index (κ1) is 15.7. The molecule has 1 aliphatic rings. The van der Waals surface area contributed by atoms with Gasteiger partial charge in [-0.15, -0.1) is 0 Å². The molecule has 0 bridgehead atoms. The Hall–Kier alpha value is -3.48. The summed E-state index contributed by atoms with van der Waals surface area (Å²) in [5.74, 6) is 0.577. The lowest BCUT2D eigenvalue weighted by Crippen LogP contribution is -2.25. The number of benzene rings is 2. The fraction of sp³-hybridized carbons (Fsp3) is 0.150. The maximum Gasteiger partial charge on any atom is 0.231 e. The largest absolute Gasteiger partial charge is 0.322 e. The summed E-state index contributed by atoms with van der Waals surface area (Å²) >= 11 is 0. The van der Waals surface area contributed by atoms with Crippen LogP contribution in [0.25, 0.3) is 17.0 Å². The van der Waals surface area contributed by atoms with E-state index < -0.39 is 0 Å². The molecule has 0 aliphatic carbocycles. The number of fused-ring (bicyclic) bond motifs is 2. The normalized spacial score (nSPS) is 16.4. The molecule has 2 aromatic carbocycles. The van der Waals surface area contributed by atoms with Crippen molar-refractivity contribution in [2.24, 2.45) is 0 Å². The van der Waals surface area contributed by atoms with Gasteiger partial charge >= 0.3 is 0 Å². The topological polar surface area (TPSA) is 75.6 Å². The molecule has 1 atom stereocenters. The Morgan fingerprint density at radius 1 is 1.15 bits per heavy atom. The van der Waals surface area contributed by atoms with Crippen LogP contribution in [0.1, 0.15) is 29.2 Å². The van der Waals surface area contributed by atoms with Crippen LogP contribution in [0.3, 0.4) is 0 Å². The molecule has 4 aromatic rings. The van der Waals surface area contributed by atoms with E-state index in [0.29, 0.717) is 18.2 Å². The van der Waals surface area contributed by atoms with Crippen molar-refractivity contribution in [3.8, 4) is 5.95 Å². The number of aromatic nitrogens is 4. The van der Waals surface area contributed by atoms with Gasteiger partial charge in [-0.3, -0.25) is 4.79 Å². The van der Waals surface area contributed by atoms with Crippen LogP contribution in [0.4, 0.5) is 10.2 Å². The first-order valence-electron chi connectivity index (χ1n) is 8.70. The number of halogens is 1. The smallest absolute Gasteiger partial charge is 0.231 e. The summed E-state index contributed by atoms with van der Waals surface area (Å²) in [6, 6.07) is 14.0. The van der Waals surface area contributed by atoms with Gasteiger partial charge in [0.1, 0.15) is 11.6 Å². The quantitative estimate of drug-likeness (QED) is 0.572. The first-order chi connectivity index (χ1) is 13.1. The standard InChI is InChI=1S/C20H16FN5O/c1-11-18-14(12-6-8-13(21)9-7-12)10-17(27)24-19(18)26(25-11)20-22-15-4-2-3-5-16(15)23-20/h2-9,14H,10H2,1H3,(H,22,23)(H,24,27)/t14-/m1/s1. The number of nitrogens with one attached hydrogen (secondary N) is 2. The number of imidazole rings is 1. The second-order valence-electron chi connectivity index (χ2n) is 6.69. The molecule has 1 amide bonds. The monoisotopic (exact) mass is 361 g/mol. The van der Waals surface area contributed by atoms with Gasteiger partial charge in [0.05, 0.1) is 16.7 Å². The van der Waals surface area contributed by atoms with Gasteiger partial charge in [-0.05, 0) is 36.8 Å². The Morgan fingerprint density at radius 3 is 2.70 bits per heavy atom. The van der Waals surface area contributed by atoms with E-state index in [0.717, 1.165) is 27.9 Å². The van der Waals surface area contributed by atoms with E-state index in [2.05, 4.69) is 20.4 Å². The number of para-hydroxylation sites is 2. The summed E-state index contributed by atoms with van der Waals surface area (Å²) in [6.45, 7) is 1.91. The van der Waals surface area contributed by atoms with Crippen LogP contribution >= 0.6 is 0 Å². The van der Waals surface area contributed by atoms with E-state index >= 15 is 0 Å². The second-order valence-corrected chi connectivity index (χ2v) is 6.69. The Bertz CT molecular complexity index is 1140. The van der Waals surface area contributed by atoms with Crippen molar-refractivity contribution in [2.75, 3.05) is 5.32 Å². The molecule has 2 N–H and O–H groups in total. The van der Waals surface area contributed by atoms with Crippen molar-refractivity contribution >= 4 is 22.8 Å². The molecular formula is C20H16FN5O. The average molecular weight is 361 g/mol. The Kier molecular flexibility index (Phi) is 3.36. The van der Waals surface area contributed by atoms with Crippen LogP contribution in [-0.2, 0) is 4.79 Å². The molecule has 0 saturated carbocycles. The summed E-state index contributed by atoms with van der Waals surface area (Å²) in [5, 5.41) is 7.55. The number of amides is 1. The molecule has 2 aromatic heterocycles. The Morgan fingerprint density at radius 2 is 1.93 bits per heavy atom. The molecule has 0 spiro atoms. The van der Waals surface area contributed by atoms with Gasteiger partial charge in [0, 0.05) is 17.9 Å². The van der Waals surface area contributed by atoms with Crippen LogP contribution in [0.15, 0.2) is 48.5 Å². The zero-order chi connectivity index (χ0) is 18.5. The fourth-order valence-corrected chi connectivity index (χ4v) is 3.72.